The van der Waals surface area contributed by atoms with Crippen LogP contribution in [0.2, 0.25) is 0 Å². The normalized spacial score (nSPS) is 15.0. The van der Waals surface area contributed by atoms with Crippen LogP contribution < -0.4 is 10.2 Å². The number of rotatable bonds is 6. The van der Waals surface area contributed by atoms with Crippen molar-refractivity contribution >= 4 is 17.9 Å². The van der Waals surface area contributed by atoms with Gasteiger partial charge < -0.3 is 24.8 Å². The average Bonchev–Trinajstić information content (AvgIpc) is 2.55. The first-order valence-electron chi connectivity index (χ1n) is 7.98. The van der Waals surface area contributed by atoms with Gasteiger partial charge >= 0.3 is 6.09 Å². The third kappa shape index (κ3) is 5.24. The van der Waals surface area contributed by atoms with Gasteiger partial charge in [0.2, 0.25) is 5.95 Å². The molecule has 0 aliphatic carbocycles. The van der Waals surface area contributed by atoms with Gasteiger partial charge in [0, 0.05) is 45.5 Å². The minimum absolute atomic E-state index is 0.243. The smallest absolute Gasteiger partial charge is 0.409 e. The fraction of sp³-hybridized carbons (Fsp3) is 0.667. The predicted octanol–water partition coefficient (Wildman–Crippen LogP) is 0.729. The van der Waals surface area contributed by atoms with Gasteiger partial charge in [-0.05, 0) is 27.1 Å². The number of carbonyl (C=O) groups excluding carboxylic acids is 1. The molecule has 0 radical (unpaired) electrons. The van der Waals surface area contributed by atoms with Crippen LogP contribution in [0.15, 0.2) is 12.3 Å². The predicted molar refractivity (Wildman–Crippen MR) is 89.9 cm³/mol. The maximum absolute atomic E-state index is 11.7. The number of piperazine rings is 1. The third-order valence-corrected chi connectivity index (χ3v) is 3.60. The first kappa shape index (κ1) is 17.3. The zero-order chi connectivity index (χ0) is 16.7. The minimum Gasteiger partial charge on any atom is -0.450 e. The lowest BCUT2D eigenvalue weighted by Gasteiger charge is -2.34. The Bertz CT molecular complexity index is 502. The van der Waals surface area contributed by atoms with Crippen LogP contribution in [0.1, 0.15) is 6.92 Å². The van der Waals surface area contributed by atoms with E-state index in [1.54, 1.807) is 11.1 Å². The maximum atomic E-state index is 11.7. The van der Waals surface area contributed by atoms with Gasteiger partial charge in [0.15, 0.2) is 0 Å². The summed E-state index contributed by atoms with van der Waals surface area (Å²) in [4.78, 5) is 26.5. The van der Waals surface area contributed by atoms with Crippen molar-refractivity contribution in [2.75, 3.05) is 70.2 Å². The molecule has 1 fully saturated rings. The Morgan fingerprint density at radius 3 is 2.74 bits per heavy atom. The van der Waals surface area contributed by atoms with Crippen LogP contribution in [0.3, 0.4) is 0 Å². The van der Waals surface area contributed by atoms with Crippen molar-refractivity contribution in [3.8, 4) is 0 Å². The second-order valence-corrected chi connectivity index (χ2v) is 5.64. The number of aromatic nitrogens is 2. The van der Waals surface area contributed by atoms with Crippen molar-refractivity contribution < 1.29 is 9.53 Å². The van der Waals surface area contributed by atoms with Gasteiger partial charge in [-0.15, -0.1) is 0 Å². The summed E-state index contributed by atoms with van der Waals surface area (Å²) in [5, 5.41) is 3.30. The van der Waals surface area contributed by atoms with Crippen molar-refractivity contribution in [1.82, 2.24) is 19.8 Å². The zero-order valence-corrected chi connectivity index (χ0v) is 14.2. The Morgan fingerprint density at radius 2 is 2.09 bits per heavy atom. The average molecular weight is 322 g/mol. The highest BCUT2D eigenvalue weighted by Gasteiger charge is 2.23. The van der Waals surface area contributed by atoms with E-state index in [4.69, 9.17) is 4.74 Å². The van der Waals surface area contributed by atoms with Crippen molar-refractivity contribution in [1.29, 1.82) is 0 Å². The molecule has 2 heterocycles. The largest absolute Gasteiger partial charge is 0.450 e. The molecule has 0 unspecified atom stereocenters. The van der Waals surface area contributed by atoms with Crippen LogP contribution in [-0.2, 0) is 4.74 Å². The number of likely N-dealkylation sites (N-methyl/N-ethyl adjacent to an activating group) is 1. The highest BCUT2D eigenvalue weighted by molar-refractivity contribution is 5.68. The van der Waals surface area contributed by atoms with E-state index < -0.39 is 0 Å². The Morgan fingerprint density at radius 1 is 1.35 bits per heavy atom. The molecule has 1 N–H and O–H groups in total. The summed E-state index contributed by atoms with van der Waals surface area (Å²) in [5.74, 6) is 1.52. The molecule has 8 heteroatoms. The van der Waals surface area contributed by atoms with E-state index in [1.807, 2.05) is 27.1 Å². The molecule has 1 aromatic rings. The molecule has 1 aliphatic rings. The number of anilines is 2. The van der Waals surface area contributed by atoms with Gasteiger partial charge in [-0.1, -0.05) is 0 Å². The highest BCUT2D eigenvalue weighted by atomic mass is 16.6. The molecule has 128 valence electrons. The molecule has 1 amide bonds. The van der Waals surface area contributed by atoms with Crippen molar-refractivity contribution in [3.63, 3.8) is 0 Å². The number of hydrogen-bond donors (Lipinski definition) is 1. The molecule has 0 saturated carbocycles. The van der Waals surface area contributed by atoms with E-state index >= 15 is 0 Å². The van der Waals surface area contributed by atoms with E-state index in [1.165, 1.54) is 0 Å². The molecule has 23 heavy (non-hydrogen) atoms. The summed E-state index contributed by atoms with van der Waals surface area (Å²) in [7, 11) is 4.08. The van der Waals surface area contributed by atoms with Crippen LogP contribution in [0.5, 0.6) is 0 Å². The molecule has 0 atom stereocenters. The van der Waals surface area contributed by atoms with Crippen LogP contribution >= 0.6 is 0 Å². The summed E-state index contributed by atoms with van der Waals surface area (Å²) < 4.78 is 5.03. The highest BCUT2D eigenvalue weighted by Crippen LogP contribution is 2.13. The lowest BCUT2D eigenvalue weighted by Crippen LogP contribution is -2.49. The number of carbonyl (C=O) groups is 1. The SMILES string of the molecule is CCOC(=O)N1CCN(c2nccc(NCCN(C)C)n2)CC1. The molecule has 1 aliphatic heterocycles. The van der Waals surface area contributed by atoms with Crippen LogP contribution in [0.25, 0.3) is 0 Å². The van der Waals surface area contributed by atoms with Crippen LogP contribution in [0.4, 0.5) is 16.6 Å². The molecule has 0 bridgehead atoms. The molecular formula is C15H26N6O2. The molecule has 8 nitrogen and oxygen atoms in total. The lowest BCUT2D eigenvalue weighted by molar-refractivity contribution is 0.105. The fourth-order valence-corrected chi connectivity index (χ4v) is 2.31. The standard InChI is InChI=1S/C15H26N6O2/c1-4-23-15(22)21-11-9-20(10-12-21)14-17-6-5-13(18-14)16-7-8-19(2)3/h5-6H,4,7-12H2,1-3H3,(H,16,17,18). The maximum Gasteiger partial charge on any atom is 0.409 e. The van der Waals surface area contributed by atoms with Crippen LogP contribution in [-0.4, -0.2) is 85.8 Å². The third-order valence-electron chi connectivity index (χ3n) is 3.60. The Kier molecular flexibility index (Phi) is 6.40. The van der Waals surface area contributed by atoms with Crippen molar-refractivity contribution in [2.24, 2.45) is 0 Å². The van der Waals surface area contributed by atoms with E-state index in [2.05, 4.69) is 25.1 Å². The summed E-state index contributed by atoms with van der Waals surface area (Å²) in [6.45, 7) is 6.66. The number of hydrogen-bond acceptors (Lipinski definition) is 7. The summed E-state index contributed by atoms with van der Waals surface area (Å²) in [6, 6.07) is 1.87. The quantitative estimate of drug-likeness (QED) is 0.827. The molecule has 1 saturated heterocycles. The number of ether oxygens (including phenoxy) is 1. The second kappa shape index (κ2) is 8.52. The van der Waals surface area contributed by atoms with E-state index in [0.717, 1.165) is 18.9 Å². The van der Waals surface area contributed by atoms with Gasteiger partial charge in [0.05, 0.1) is 6.61 Å². The summed E-state index contributed by atoms with van der Waals surface area (Å²) in [6.07, 6.45) is 1.52. The van der Waals surface area contributed by atoms with Gasteiger partial charge in [0.25, 0.3) is 0 Å². The number of nitrogens with one attached hydrogen (secondary N) is 1. The van der Waals surface area contributed by atoms with Crippen molar-refractivity contribution in [3.05, 3.63) is 12.3 Å². The Hall–Kier alpha value is -2.09. The summed E-state index contributed by atoms with van der Waals surface area (Å²) in [5.41, 5.74) is 0. The van der Waals surface area contributed by atoms with Gasteiger partial charge in [-0.25, -0.2) is 9.78 Å². The van der Waals surface area contributed by atoms with Gasteiger partial charge in [-0.2, -0.15) is 4.98 Å². The molecule has 0 spiro atoms. The monoisotopic (exact) mass is 322 g/mol. The fourth-order valence-electron chi connectivity index (χ4n) is 2.31. The minimum atomic E-state index is -0.243. The molecular weight excluding hydrogens is 296 g/mol. The molecule has 1 aromatic heterocycles. The number of amides is 1. The topological polar surface area (TPSA) is 73.8 Å². The summed E-state index contributed by atoms with van der Waals surface area (Å²) >= 11 is 0. The first-order valence-corrected chi connectivity index (χ1v) is 7.98. The molecule has 0 aromatic carbocycles. The van der Waals surface area contributed by atoms with Gasteiger partial charge in [-0.3, -0.25) is 0 Å². The first-order chi connectivity index (χ1) is 11.1. The zero-order valence-electron chi connectivity index (χ0n) is 14.2. The Balaban J connectivity index is 1.87. The van der Waals surface area contributed by atoms with Crippen LogP contribution in [0, 0.1) is 0 Å². The molecule has 2 rings (SSSR count). The van der Waals surface area contributed by atoms with Gasteiger partial charge in [0.1, 0.15) is 5.82 Å². The van der Waals surface area contributed by atoms with E-state index in [9.17, 15) is 4.79 Å². The van der Waals surface area contributed by atoms with E-state index in [-0.39, 0.29) is 6.09 Å². The number of nitrogens with zero attached hydrogens (tertiary/aromatic N) is 5. The Labute approximate surface area is 137 Å². The lowest BCUT2D eigenvalue weighted by atomic mass is 10.3. The van der Waals surface area contributed by atoms with Crippen molar-refractivity contribution in [2.45, 2.75) is 6.92 Å². The second-order valence-electron chi connectivity index (χ2n) is 5.64. The van der Waals surface area contributed by atoms with E-state index in [0.29, 0.717) is 38.7 Å².